The number of aryl methyl sites for hydroxylation is 2. The number of rotatable bonds is 4. The molecule has 0 saturated carbocycles. The van der Waals surface area contributed by atoms with Crippen LogP contribution in [0.1, 0.15) is 22.3 Å². The summed E-state index contributed by atoms with van der Waals surface area (Å²) in [6.45, 7) is 4.70. The van der Waals surface area contributed by atoms with E-state index in [1.807, 2.05) is 49.4 Å². The van der Waals surface area contributed by atoms with Crippen LogP contribution in [0.2, 0.25) is 0 Å². The van der Waals surface area contributed by atoms with Gasteiger partial charge < -0.3 is 5.32 Å². The lowest BCUT2D eigenvalue weighted by atomic mass is 10.0. The van der Waals surface area contributed by atoms with E-state index < -0.39 is 0 Å². The van der Waals surface area contributed by atoms with E-state index >= 15 is 0 Å². The Balaban J connectivity index is 1.91. The Hall–Kier alpha value is -2.09. The molecule has 19 heavy (non-hydrogen) atoms. The molecule has 1 amide bonds. The van der Waals surface area contributed by atoms with Gasteiger partial charge in [-0.1, -0.05) is 54.1 Å². The van der Waals surface area contributed by atoms with Crippen LogP contribution in [-0.2, 0) is 17.8 Å². The van der Waals surface area contributed by atoms with Gasteiger partial charge in [-0.3, -0.25) is 4.79 Å². The number of amides is 1. The average molecular weight is 253 g/mol. The maximum Gasteiger partial charge on any atom is 0.224 e. The topological polar surface area (TPSA) is 29.1 Å². The van der Waals surface area contributed by atoms with Crippen molar-refractivity contribution in [2.75, 3.05) is 0 Å². The fourth-order valence-corrected chi connectivity index (χ4v) is 2.08. The lowest BCUT2D eigenvalue weighted by Gasteiger charge is -2.08. The Morgan fingerprint density at radius 3 is 2.47 bits per heavy atom. The monoisotopic (exact) mass is 253 g/mol. The van der Waals surface area contributed by atoms with Crippen LogP contribution >= 0.6 is 0 Å². The van der Waals surface area contributed by atoms with E-state index in [9.17, 15) is 4.79 Å². The first-order valence-electron chi connectivity index (χ1n) is 6.52. The Labute approximate surface area is 114 Å². The van der Waals surface area contributed by atoms with E-state index in [1.54, 1.807) is 0 Å². The molecule has 2 heteroatoms. The smallest absolute Gasteiger partial charge is 0.224 e. The minimum atomic E-state index is 0.0656. The van der Waals surface area contributed by atoms with Crippen molar-refractivity contribution in [2.45, 2.75) is 26.8 Å². The molecule has 0 unspecified atom stereocenters. The van der Waals surface area contributed by atoms with Gasteiger partial charge in [0, 0.05) is 6.54 Å². The molecule has 0 aromatic heterocycles. The molecule has 0 bridgehead atoms. The summed E-state index contributed by atoms with van der Waals surface area (Å²) in [6.07, 6.45) is 0.443. The van der Waals surface area contributed by atoms with Gasteiger partial charge in [0.25, 0.3) is 0 Å². The molecule has 2 aromatic rings. The maximum absolute atomic E-state index is 11.9. The lowest BCUT2D eigenvalue weighted by Crippen LogP contribution is -2.24. The number of hydrogen-bond acceptors (Lipinski definition) is 1. The van der Waals surface area contributed by atoms with Gasteiger partial charge in [-0.15, -0.1) is 0 Å². The van der Waals surface area contributed by atoms with Crippen molar-refractivity contribution in [3.8, 4) is 0 Å². The molecule has 1 N–H and O–H groups in total. The number of hydrogen-bond donors (Lipinski definition) is 1. The van der Waals surface area contributed by atoms with Crippen molar-refractivity contribution >= 4 is 5.91 Å². The summed E-state index contributed by atoms with van der Waals surface area (Å²) < 4.78 is 0. The minimum absolute atomic E-state index is 0.0656. The molecule has 0 aliphatic rings. The van der Waals surface area contributed by atoms with Gasteiger partial charge >= 0.3 is 0 Å². The average Bonchev–Trinajstić information content (AvgIpc) is 2.41. The van der Waals surface area contributed by atoms with Crippen molar-refractivity contribution in [2.24, 2.45) is 0 Å². The van der Waals surface area contributed by atoms with E-state index in [2.05, 4.69) is 18.3 Å². The molecule has 2 aromatic carbocycles. The van der Waals surface area contributed by atoms with Crippen molar-refractivity contribution in [3.05, 3.63) is 70.8 Å². The molecule has 0 aliphatic heterocycles. The highest BCUT2D eigenvalue weighted by Crippen LogP contribution is 2.11. The molecule has 0 spiro atoms. The predicted octanol–water partition coefficient (Wildman–Crippen LogP) is 3.16. The third-order valence-corrected chi connectivity index (χ3v) is 3.18. The SMILES string of the molecule is Cc1ccc(CC(=O)NCc2ccccc2)c(C)c1. The van der Waals surface area contributed by atoms with Gasteiger partial charge in [-0.2, -0.15) is 0 Å². The second-order valence-electron chi connectivity index (χ2n) is 4.87. The third kappa shape index (κ3) is 3.95. The molecule has 0 radical (unpaired) electrons. The van der Waals surface area contributed by atoms with Crippen LogP contribution in [0.5, 0.6) is 0 Å². The summed E-state index contributed by atoms with van der Waals surface area (Å²) in [5, 5.41) is 2.95. The normalized spacial score (nSPS) is 10.2. The quantitative estimate of drug-likeness (QED) is 0.891. The zero-order valence-corrected chi connectivity index (χ0v) is 11.4. The van der Waals surface area contributed by atoms with Gasteiger partial charge in [0.05, 0.1) is 6.42 Å². The Morgan fingerprint density at radius 2 is 1.79 bits per heavy atom. The van der Waals surface area contributed by atoms with E-state index in [1.165, 1.54) is 11.1 Å². The fourth-order valence-electron chi connectivity index (χ4n) is 2.08. The van der Waals surface area contributed by atoms with Gasteiger partial charge in [-0.25, -0.2) is 0 Å². The number of nitrogens with one attached hydrogen (secondary N) is 1. The lowest BCUT2D eigenvalue weighted by molar-refractivity contribution is -0.120. The Kier molecular flexibility index (Phi) is 4.35. The molecule has 0 heterocycles. The molecular formula is C17H19NO. The Morgan fingerprint density at radius 1 is 1.05 bits per heavy atom. The molecule has 0 saturated heterocycles. The van der Waals surface area contributed by atoms with Crippen molar-refractivity contribution in [1.82, 2.24) is 5.32 Å². The highest BCUT2D eigenvalue weighted by Gasteiger charge is 2.05. The summed E-state index contributed by atoms with van der Waals surface area (Å²) in [5.74, 6) is 0.0656. The van der Waals surface area contributed by atoms with Crippen LogP contribution in [0.3, 0.4) is 0 Å². The Bertz CT molecular complexity index is 561. The first kappa shape index (κ1) is 13.3. The van der Waals surface area contributed by atoms with Crippen molar-refractivity contribution < 1.29 is 4.79 Å². The molecule has 0 atom stereocenters. The van der Waals surface area contributed by atoms with Crippen molar-refractivity contribution in [1.29, 1.82) is 0 Å². The largest absolute Gasteiger partial charge is 0.352 e. The van der Waals surface area contributed by atoms with E-state index in [0.29, 0.717) is 13.0 Å². The number of carbonyl (C=O) groups is 1. The molecule has 0 aliphatic carbocycles. The summed E-state index contributed by atoms with van der Waals surface area (Å²) in [4.78, 5) is 11.9. The van der Waals surface area contributed by atoms with E-state index in [-0.39, 0.29) is 5.91 Å². The molecule has 98 valence electrons. The van der Waals surface area contributed by atoms with Crippen LogP contribution < -0.4 is 5.32 Å². The molecular weight excluding hydrogens is 234 g/mol. The van der Waals surface area contributed by atoms with Crippen LogP contribution in [-0.4, -0.2) is 5.91 Å². The van der Waals surface area contributed by atoms with Crippen LogP contribution in [0.4, 0.5) is 0 Å². The zero-order valence-electron chi connectivity index (χ0n) is 11.4. The molecule has 2 nitrogen and oxygen atoms in total. The number of carbonyl (C=O) groups excluding carboxylic acids is 1. The first-order valence-corrected chi connectivity index (χ1v) is 6.52. The summed E-state index contributed by atoms with van der Waals surface area (Å²) >= 11 is 0. The van der Waals surface area contributed by atoms with Crippen LogP contribution in [0.15, 0.2) is 48.5 Å². The third-order valence-electron chi connectivity index (χ3n) is 3.18. The first-order chi connectivity index (χ1) is 9.15. The van der Waals surface area contributed by atoms with E-state index in [0.717, 1.165) is 11.1 Å². The summed E-state index contributed by atoms with van der Waals surface area (Å²) in [7, 11) is 0. The van der Waals surface area contributed by atoms with Crippen molar-refractivity contribution in [3.63, 3.8) is 0 Å². The molecule has 0 fully saturated rings. The standard InChI is InChI=1S/C17H19NO/c1-13-8-9-16(14(2)10-13)11-17(19)18-12-15-6-4-3-5-7-15/h3-10H,11-12H2,1-2H3,(H,18,19). The van der Waals surface area contributed by atoms with Gasteiger partial charge in [0.1, 0.15) is 0 Å². The zero-order chi connectivity index (χ0) is 13.7. The van der Waals surface area contributed by atoms with Gasteiger partial charge in [0.2, 0.25) is 5.91 Å². The summed E-state index contributed by atoms with van der Waals surface area (Å²) in [5.41, 5.74) is 4.62. The van der Waals surface area contributed by atoms with Crippen LogP contribution in [0, 0.1) is 13.8 Å². The van der Waals surface area contributed by atoms with Crippen LogP contribution in [0.25, 0.3) is 0 Å². The highest BCUT2D eigenvalue weighted by atomic mass is 16.1. The maximum atomic E-state index is 11.9. The molecule has 2 rings (SSSR count). The summed E-state index contributed by atoms with van der Waals surface area (Å²) in [6, 6.07) is 16.1. The van der Waals surface area contributed by atoms with Gasteiger partial charge in [0.15, 0.2) is 0 Å². The van der Waals surface area contributed by atoms with E-state index in [4.69, 9.17) is 0 Å². The predicted molar refractivity (Wildman–Crippen MR) is 77.9 cm³/mol. The highest BCUT2D eigenvalue weighted by molar-refractivity contribution is 5.78. The number of benzene rings is 2. The second kappa shape index (κ2) is 6.19. The second-order valence-corrected chi connectivity index (χ2v) is 4.87. The van der Waals surface area contributed by atoms with Gasteiger partial charge in [-0.05, 0) is 30.5 Å². The minimum Gasteiger partial charge on any atom is -0.352 e. The fraction of sp³-hybridized carbons (Fsp3) is 0.235.